The number of rotatable bonds is 1. The quantitative estimate of drug-likeness (QED) is 0.661. The number of benzene rings is 1. The number of aromatic nitrogens is 1. The lowest BCUT2D eigenvalue weighted by atomic mass is 10.2. The van der Waals surface area contributed by atoms with Crippen molar-refractivity contribution in [3.63, 3.8) is 0 Å². The molecule has 0 unspecified atom stereocenters. The summed E-state index contributed by atoms with van der Waals surface area (Å²) in [6.45, 7) is 2.14. The van der Waals surface area contributed by atoms with E-state index in [1.165, 1.54) is 21.4 Å². The summed E-state index contributed by atoms with van der Waals surface area (Å²) in [5, 5.41) is 1.30. The summed E-state index contributed by atoms with van der Waals surface area (Å²) in [4.78, 5) is 4.56. The molecule has 2 rings (SSSR count). The first-order valence-corrected chi connectivity index (χ1v) is 5.15. The van der Waals surface area contributed by atoms with E-state index >= 15 is 0 Å². The Labute approximate surface area is 76.2 Å². The maximum Gasteiger partial charge on any atom is 0.0484 e. The highest BCUT2D eigenvalue weighted by Gasteiger charge is 1.99. The van der Waals surface area contributed by atoms with Crippen LogP contribution >= 0.6 is 11.8 Å². The molecule has 0 aliphatic carbocycles. The van der Waals surface area contributed by atoms with Crippen LogP contribution < -0.4 is 0 Å². The molecule has 62 valence electrons. The summed E-state index contributed by atoms with van der Waals surface area (Å²) in [5.74, 6) is 0. The van der Waals surface area contributed by atoms with Crippen molar-refractivity contribution < 1.29 is 0 Å². The van der Waals surface area contributed by atoms with Crippen LogP contribution in [-0.4, -0.2) is 11.2 Å². The Hall–Kier alpha value is -0.890. The number of H-pyrrole nitrogens is 1. The minimum Gasteiger partial charge on any atom is -0.361 e. The zero-order valence-corrected chi connectivity index (χ0v) is 8.03. The molecule has 2 aromatic rings. The SMILES string of the molecule is CSc1cc(C)c2[nH]ccc2c1. The second kappa shape index (κ2) is 2.87. The van der Waals surface area contributed by atoms with Crippen LogP contribution in [0.3, 0.4) is 0 Å². The van der Waals surface area contributed by atoms with E-state index in [1.807, 2.05) is 6.20 Å². The van der Waals surface area contributed by atoms with Gasteiger partial charge in [0.2, 0.25) is 0 Å². The summed E-state index contributed by atoms with van der Waals surface area (Å²) >= 11 is 1.79. The number of nitrogens with one attached hydrogen (secondary N) is 1. The summed E-state index contributed by atoms with van der Waals surface area (Å²) in [5.41, 5.74) is 2.58. The van der Waals surface area contributed by atoms with E-state index in [0.717, 1.165) is 0 Å². The van der Waals surface area contributed by atoms with Gasteiger partial charge < -0.3 is 4.98 Å². The number of fused-ring (bicyclic) bond motifs is 1. The van der Waals surface area contributed by atoms with Crippen molar-refractivity contribution in [1.29, 1.82) is 0 Å². The van der Waals surface area contributed by atoms with Gasteiger partial charge >= 0.3 is 0 Å². The molecule has 1 aromatic heterocycles. The van der Waals surface area contributed by atoms with Gasteiger partial charge in [0.1, 0.15) is 0 Å². The molecule has 1 nitrogen and oxygen atoms in total. The van der Waals surface area contributed by atoms with Crippen molar-refractivity contribution in [2.75, 3.05) is 6.26 Å². The van der Waals surface area contributed by atoms with E-state index in [-0.39, 0.29) is 0 Å². The van der Waals surface area contributed by atoms with Crippen molar-refractivity contribution in [3.8, 4) is 0 Å². The lowest BCUT2D eigenvalue weighted by molar-refractivity contribution is 1.37. The normalized spacial score (nSPS) is 10.8. The first-order valence-electron chi connectivity index (χ1n) is 3.93. The first-order chi connectivity index (χ1) is 5.81. The van der Waals surface area contributed by atoms with Gasteiger partial charge in [-0.1, -0.05) is 0 Å². The van der Waals surface area contributed by atoms with E-state index in [1.54, 1.807) is 11.8 Å². The lowest BCUT2D eigenvalue weighted by Gasteiger charge is -2.00. The van der Waals surface area contributed by atoms with Gasteiger partial charge in [0.25, 0.3) is 0 Å². The van der Waals surface area contributed by atoms with Gasteiger partial charge in [-0.3, -0.25) is 0 Å². The zero-order chi connectivity index (χ0) is 8.55. The smallest absolute Gasteiger partial charge is 0.0484 e. The van der Waals surface area contributed by atoms with Crippen LogP contribution in [0.4, 0.5) is 0 Å². The standard InChI is InChI=1S/C10H11NS/c1-7-5-9(12-2)6-8-3-4-11-10(7)8/h3-6,11H,1-2H3. The minimum atomic E-state index is 1.26. The van der Waals surface area contributed by atoms with Gasteiger partial charge in [-0.25, -0.2) is 0 Å². The average molecular weight is 177 g/mol. The highest BCUT2D eigenvalue weighted by molar-refractivity contribution is 7.98. The van der Waals surface area contributed by atoms with E-state index < -0.39 is 0 Å². The van der Waals surface area contributed by atoms with Crippen molar-refractivity contribution in [3.05, 3.63) is 30.0 Å². The number of aryl methyl sites for hydroxylation is 1. The highest BCUT2D eigenvalue weighted by atomic mass is 32.2. The summed E-state index contributed by atoms with van der Waals surface area (Å²) in [6, 6.07) is 6.54. The van der Waals surface area contributed by atoms with Crippen LogP contribution in [0, 0.1) is 6.92 Å². The van der Waals surface area contributed by atoms with Crippen LogP contribution in [0.2, 0.25) is 0 Å². The fraction of sp³-hybridized carbons (Fsp3) is 0.200. The largest absolute Gasteiger partial charge is 0.361 e. The van der Waals surface area contributed by atoms with Gasteiger partial charge in [0.15, 0.2) is 0 Å². The molecule has 0 saturated carbocycles. The molecule has 0 atom stereocenters. The Bertz CT molecular complexity index is 403. The Morgan fingerprint density at radius 2 is 2.17 bits per heavy atom. The fourth-order valence-electron chi connectivity index (χ4n) is 1.44. The predicted octanol–water partition coefficient (Wildman–Crippen LogP) is 3.20. The molecule has 0 bridgehead atoms. The van der Waals surface area contributed by atoms with Crippen molar-refractivity contribution in [2.45, 2.75) is 11.8 Å². The van der Waals surface area contributed by atoms with Crippen LogP contribution in [0.5, 0.6) is 0 Å². The second-order valence-electron chi connectivity index (χ2n) is 2.89. The molecular weight excluding hydrogens is 166 g/mol. The fourth-order valence-corrected chi connectivity index (χ4v) is 1.98. The molecule has 1 heterocycles. The highest BCUT2D eigenvalue weighted by Crippen LogP contribution is 2.24. The Morgan fingerprint density at radius 3 is 2.92 bits per heavy atom. The van der Waals surface area contributed by atoms with Crippen molar-refractivity contribution in [1.82, 2.24) is 4.98 Å². The topological polar surface area (TPSA) is 15.8 Å². The molecule has 0 spiro atoms. The lowest BCUT2D eigenvalue weighted by Crippen LogP contribution is -1.77. The van der Waals surface area contributed by atoms with Crippen LogP contribution in [0.1, 0.15) is 5.56 Å². The number of aromatic amines is 1. The Morgan fingerprint density at radius 1 is 1.33 bits per heavy atom. The van der Waals surface area contributed by atoms with E-state index in [2.05, 4.69) is 36.4 Å². The number of thioether (sulfide) groups is 1. The molecule has 0 saturated heterocycles. The average Bonchev–Trinajstić information content (AvgIpc) is 2.52. The molecular formula is C10H11NS. The van der Waals surface area contributed by atoms with Gasteiger partial charge in [-0.05, 0) is 36.9 Å². The first kappa shape index (κ1) is 7.74. The van der Waals surface area contributed by atoms with Crippen LogP contribution in [0.25, 0.3) is 10.9 Å². The molecule has 0 fully saturated rings. The van der Waals surface area contributed by atoms with Gasteiger partial charge in [0, 0.05) is 22.0 Å². The molecule has 12 heavy (non-hydrogen) atoms. The molecule has 0 aliphatic rings. The third kappa shape index (κ3) is 1.12. The Kier molecular flexibility index (Phi) is 1.85. The third-order valence-electron chi connectivity index (χ3n) is 2.07. The monoisotopic (exact) mass is 177 g/mol. The molecule has 1 N–H and O–H groups in total. The van der Waals surface area contributed by atoms with E-state index in [0.29, 0.717) is 0 Å². The molecule has 0 aliphatic heterocycles. The Balaban J connectivity index is 2.75. The maximum absolute atomic E-state index is 3.23. The summed E-state index contributed by atoms with van der Waals surface area (Å²) < 4.78 is 0. The zero-order valence-electron chi connectivity index (χ0n) is 7.22. The second-order valence-corrected chi connectivity index (χ2v) is 3.77. The third-order valence-corrected chi connectivity index (χ3v) is 2.77. The molecule has 0 radical (unpaired) electrons. The summed E-state index contributed by atoms with van der Waals surface area (Å²) in [7, 11) is 0. The maximum atomic E-state index is 3.23. The van der Waals surface area contributed by atoms with E-state index in [4.69, 9.17) is 0 Å². The number of hydrogen-bond donors (Lipinski definition) is 1. The van der Waals surface area contributed by atoms with Crippen LogP contribution in [0.15, 0.2) is 29.3 Å². The van der Waals surface area contributed by atoms with Gasteiger partial charge in [0.05, 0.1) is 0 Å². The van der Waals surface area contributed by atoms with Crippen molar-refractivity contribution in [2.24, 2.45) is 0 Å². The molecule has 0 amide bonds. The van der Waals surface area contributed by atoms with Gasteiger partial charge in [-0.15, -0.1) is 11.8 Å². The van der Waals surface area contributed by atoms with E-state index in [9.17, 15) is 0 Å². The molecule has 2 heteroatoms. The molecule has 1 aromatic carbocycles. The van der Waals surface area contributed by atoms with Gasteiger partial charge in [-0.2, -0.15) is 0 Å². The predicted molar refractivity (Wildman–Crippen MR) is 54.8 cm³/mol. The van der Waals surface area contributed by atoms with Crippen LogP contribution in [-0.2, 0) is 0 Å². The number of hydrogen-bond acceptors (Lipinski definition) is 1. The van der Waals surface area contributed by atoms with Crippen molar-refractivity contribution >= 4 is 22.7 Å². The minimum absolute atomic E-state index is 1.26. The summed E-state index contributed by atoms with van der Waals surface area (Å²) in [6.07, 6.45) is 4.09.